The SMILES string of the molecule is CCCOc1ccc(C(=O)C(F)F)cc1. The van der Waals surface area contributed by atoms with E-state index in [-0.39, 0.29) is 5.56 Å². The van der Waals surface area contributed by atoms with Crippen LogP contribution in [0.1, 0.15) is 23.7 Å². The van der Waals surface area contributed by atoms with Gasteiger partial charge in [-0.25, -0.2) is 8.78 Å². The summed E-state index contributed by atoms with van der Waals surface area (Å²) in [7, 11) is 0. The topological polar surface area (TPSA) is 26.3 Å². The lowest BCUT2D eigenvalue weighted by atomic mass is 10.1. The fourth-order valence-electron chi connectivity index (χ4n) is 1.06. The Morgan fingerprint density at radius 1 is 1.33 bits per heavy atom. The third-order valence-corrected chi connectivity index (χ3v) is 1.81. The molecule has 1 aromatic carbocycles. The number of ether oxygens (including phenoxy) is 1. The zero-order valence-electron chi connectivity index (χ0n) is 8.37. The number of hydrogen-bond acceptors (Lipinski definition) is 2. The van der Waals surface area contributed by atoms with Gasteiger partial charge in [-0.2, -0.15) is 0 Å². The highest BCUT2D eigenvalue weighted by molar-refractivity contribution is 5.98. The lowest BCUT2D eigenvalue weighted by Gasteiger charge is -2.05. The molecule has 0 saturated carbocycles. The van der Waals surface area contributed by atoms with Crippen LogP contribution in [0.3, 0.4) is 0 Å². The van der Waals surface area contributed by atoms with Crippen LogP contribution in [0.5, 0.6) is 5.75 Å². The molecule has 0 unspecified atom stereocenters. The predicted molar refractivity (Wildman–Crippen MR) is 52.6 cm³/mol. The highest BCUT2D eigenvalue weighted by atomic mass is 19.3. The van der Waals surface area contributed by atoms with Crippen molar-refractivity contribution in [3.8, 4) is 5.75 Å². The number of benzene rings is 1. The number of hydrogen-bond donors (Lipinski definition) is 0. The molecule has 0 aliphatic carbocycles. The molecule has 0 fully saturated rings. The highest BCUT2D eigenvalue weighted by Gasteiger charge is 2.17. The summed E-state index contributed by atoms with van der Waals surface area (Å²) in [5.41, 5.74) is 0.00819. The molecule has 1 rings (SSSR count). The molecule has 0 aliphatic heterocycles. The van der Waals surface area contributed by atoms with Gasteiger partial charge in [-0.3, -0.25) is 4.79 Å². The summed E-state index contributed by atoms with van der Waals surface area (Å²) < 4.78 is 29.3. The van der Waals surface area contributed by atoms with Crippen molar-refractivity contribution in [2.24, 2.45) is 0 Å². The molecular formula is C11H12F2O2. The van der Waals surface area contributed by atoms with Gasteiger partial charge in [0.15, 0.2) is 0 Å². The van der Waals surface area contributed by atoms with Crippen LogP contribution in [0.4, 0.5) is 8.78 Å². The van der Waals surface area contributed by atoms with Gasteiger partial charge in [0.05, 0.1) is 6.61 Å². The minimum absolute atomic E-state index is 0.00819. The Hall–Kier alpha value is -1.45. The minimum atomic E-state index is -2.95. The van der Waals surface area contributed by atoms with Gasteiger partial charge >= 0.3 is 6.43 Å². The van der Waals surface area contributed by atoms with Crippen molar-refractivity contribution in [3.63, 3.8) is 0 Å². The molecule has 0 spiro atoms. The van der Waals surface area contributed by atoms with Crippen LogP contribution in [0.2, 0.25) is 0 Å². The summed E-state index contributed by atoms with van der Waals surface area (Å²) in [5, 5.41) is 0. The second-order valence-electron chi connectivity index (χ2n) is 3.04. The Bertz CT molecular complexity index is 320. The molecule has 4 heteroatoms. The van der Waals surface area contributed by atoms with Gasteiger partial charge in [0.25, 0.3) is 0 Å². The number of rotatable bonds is 5. The fraction of sp³-hybridized carbons (Fsp3) is 0.364. The van der Waals surface area contributed by atoms with Gasteiger partial charge < -0.3 is 4.74 Å². The summed E-state index contributed by atoms with van der Waals surface area (Å²) in [5.74, 6) is -0.570. The van der Waals surface area contributed by atoms with E-state index in [9.17, 15) is 13.6 Å². The predicted octanol–water partition coefficient (Wildman–Crippen LogP) is 2.92. The van der Waals surface area contributed by atoms with Crippen LogP contribution < -0.4 is 4.74 Å². The van der Waals surface area contributed by atoms with Crippen LogP contribution >= 0.6 is 0 Å². The van der Waals surface area contributed by atoms with Gasteiger partial charge in [-0.15, -0.1) is 0 Å². The summed E-state index contributed by atoms with van der Waals surface area (Å²) in [6.45, 7) is 2.54. The molecule has 15 heavy (non-hydrogen) atoms. The Kier molecular flexibility index (Phi) is 4.21. The second-order valence-corrected chi connectivity index (χ2v) is 3.04. The number of Topliss-reactive ketones (excluding diaryl/α,β-unsaturated/α-hetero) is 1. The lowest BCUT2D eigenvalue weighted by Crippen LogP contribution is -2.09. The van der Waals surface area contributed by atoms with E-state index in [1.807, 2.05) is 6.92 Å². The maximum absolute atomic E-state index is 12.0. The molecule has 0 N–H and O–H groups in total. The highest BCUT2D eigenvalue weighted by Crippen LogP contribution is 2.14. The molecule has 0 saturated heterocycles. The van der Waals surface area contributed by atoms with Crippen molar-refractivity contribution in [2.45, 2.75) is 19.8 Å². The van der Waals surface area contributed by atoms with Gasteiger partial charge in [0.2, 0.25) is 5.78 Å². The van der Waals surface area contributed by atoms with E-state index >= 15 is 0 Å². The van der Waals surface area contributed by atoms with Crippen molar-refractivity contribution in [2.75, 3.05) is 6.61 Å². The number of alkyl halides is 2. The van der Waals surface area contributed by atoms with E-state index in [0.29, 0.717) is 12.4 Å². The standard InChI is InChI=1S/C11H12F2O2/c1-2-7-15-9-5-3-8(4-6-9)10(14)11(12)13/h3-6,11H,2,7H2,1H3. The van der Waals surface area contributed by atoms with E-state index in [2.05, 4.69) is 0 Å². The Labute approximate surface area is 86.9 Å². The molecule has 1 aromatic rings. The number of carbonyl (C=O) groups is 1. The first-order valence-corrected chi connectivity index (χ1v) is 4.70. The van der Waals surface area contributed by atoms with Crippen molar-refractivity contribution in [1.82, 2.24) is 0 Å². The third-order valence-electron chi connectivity index (χ3n) is 1.81. The van der Waals surface area contributed by atoms with Crippen molar-refractivity contribution < 1.29 is 18.3 Å². The molecule has 0 aliphatic rings. The smallest absolute Gasteiger partial charge is 0.300 e. The molecule has 0 heterocycles. The third kappa shape index (κ3) is 3.31. The van der Waals surface area contributed by atoms with E-state index < -0.39 is 12.2 Å². The first-order chi connectivity index (χ1) is 7.15. The van der Waals surface area contributed by atoms with Crippen LogP contribution in [-0.4, -0.2) is 18.8 Å². The Morgan fingerprint density at radius 2 is 1.93 bits per heavy atom. The summed E-state index contributed by atoms with van der Waals surface area (Å²) in [6.07, 6.45) is -2.08. The van der Waals surface area contributed by atoms with Gasteiger partial charge in [-0.05, 0) is 30.7 Å². The molecule has 0 atom stereocenters. The van der Waals surface area contributed by atoms with Crippen LogP contribution in [-0.2, 0) is 0 Å². The zero-order chi connectivity index (χ0) is 11.3. The van der Waals surface area contributed by atoms with Gasteiger partial charge in [0, 0.05) is 5.56 Å². The zero-order valence-corrected chi connectivity index (χ0v) is 8.37. The fourth-order valence-corrected chi connectivity index (χ4v) is 1.06. The summed E-state index contributed by atoms with van der Waals surface area (Å²) in [6, 6.07) is 5.73. The number of ketones is 1. The average molecular weight is 214 g/mol. The number of carbonyl (C=O) groups excluding carboxylic acids is 1. The Morgan fingerprint density at radius 3 is 2.40 bits per heavy atom. The maximum Gasteiger partial charge on any atom is 0.300 e. The average Bonchev–Trinajstić information content (AvgIpc) is 2.26. The molecule has 0 radical (unpaired) electrons. The van der Waals surface area contributed by atoms with Crippen molar-refractivity contribution in [1.29, 1.82) is 0 Å². The molecule has 2 nitrogen and oxygen atoms in total. The largest absolute Gasteiger partial charge is 0.494 e. The Balaban J connectivity index is 2.68. The van der Waals surface area contributed by atoms with Gasteiger partial charge in [-0.1, -0.05) is 6.92 Å². The second kappa shape index (κ2) is 5.44. The van der Waals surface area contributed by atoms with Crippen molar-refractivity contribution in [3.05, 3.63) is 29.8 Å². The van der Waals surface area contributed by atoms with Crippen LogP contribution in [0.25, 0.3) is 0 Å². The van der Waals surface area contributed by atoms with E-state index in [0.717, 1.165) is 6.42 Å². The quantitative estimate of drug-likeness (QED) is 0.704. The monoisotopic (exact) mass is 214 g/mol. The van der Waals surface area contributed by atoms with E-state index in [1.165, 1.54) is 24.3 Å². The number of halogens is 2. The summed E-state index contributed by atoms with van der Waals surface area (Å²) in [4.78, 5) is 10.9. The van der Waals surface area contributed by atoms with Crippen LogP contribution in [0, 0.1) is 0 Å². The molecular weight excluding hydrogens is 202 g/mol. The molecule has 0 aromatic heterocycles. The van der Waals surface area contributed by atoms with E-state index in [4.69, 9.17) is 4.74 Å². The summed E-state index contributed by atoms with van der Waals surface area (Å²) >= 11 is 0. The molecule has 0 amide bonds. The van der Waals surface area contributed by atoms with Gasteiger partial charge in [0.1, 0.15) is 5.75 Å². The van der Waals surface area contributed by atoms with Crippen molar-refractivity contribution >= 4 is 5.78 Å². The maximum atomic E-state index is 12.0. The van der Waals surface area contributed by atoms with Crippen LogP contribution in [0.15, 0.2) is 24.3 Å². The first-order valence-electron chi connectivity index (χ1n) is 4.70. The normalized spacial score (nSPS) is 10.4. The minimum Gasteiger partial charge on any atom is -0.494 e. The first kappa shape index (κ1) is 11.6. The lowest BCUT2D eigenvalue weighted by molar-refractivity contribution is 0.0678. The molecule has 0 bridgehead atoms. The molecule has 82 valence electrons. The van der Waals surface area contributed by atoms with E-state index in [1.54, 1.807) is 0 Å².